The lowest BCUT2D eigenvalue weighted by Gasteiger charge is -2.24. The zero-order valence-electron chi connectivity index (χ0n) is 16.1. The van der Waals surface area contributed by atoms with Crippen LogP contribution in [0.4, 0.5) is 28.9 Å². The summed E-state index contributed by atoms with van der Waals surface area (Å²) in [5.41, 5.74) is -1.19. The van der Waals surface area contributed by atoms with E-state index < -0.39 is 39.3 Å². The number of amides is 1. The predicted octanol–water partition coefficient (Wildman–Crippen LogP) is 4.98. The van der Waals surface area contributed by atoms with Crippen molar-refractivity contribution in [1.82, 2.24) is 0 Å². The molecular weight excluding hydrogens is 448 g/mol. The van der Waals surface area contributed by atoms with E-state index >= 15 is 0 Å². The number of hydrogen-bond acceptors (Lipinski definition) is 4. The molecule has 1 atom stereocenters. The van der Waals surface area contributed by atoms with Crippen LogP contribution in [0.5, 0.6) is 0 Å². The molecule has 2 N–H and O–H groups in total. The van der Waals surface area contributed by atoms with Crippen molar-refractivity contribution < 1.29 is 30.8 Å². The third-order valence-electron chi connectivity index (χ3n) is 4.18. The van der Waals surface area contributed by atoms with Crippen molar-refractivity contribution in [3.05, 3.63) is 52.8 Å². The molecule has 0 spiro atoms. The van der Waals surface area contributed by atoms with Gasteiger partial charge < -0.3 is 10.6 Å². The highest BCUT2D eigenvalue weighted by molar-refractivity contribution is 7.90. The lowest BCUT2D eigenvalue weighted by atomic mass is 10.0. The maximum atomic E-state index is 14.1. The number of hydrogen-bond donors (Lipinski definition) is 2. The van der Waals surface area contributed by atoms with Crippen molar-refractivity contribution in [2.45, 2.75) is 31.0 Å². The molecule has 11 heteroatoms. The molecule has 2 aromatic carbocycles. The van der Waals surface area contributed by atoms with Crippen LogP contribution in [0, 0.1) is 11.7 Å². The molecule has 164 valence electrons. The molecule has 0 radical (unpaired) electrons. The number of carbonyl (C=O) groups is 1. The number of rotatable bonds is 6. The van der Waals surface area contributed by atoms with Crippen LogP contribution in [0.2, 0.25) is 5.02 Å². The van der Waals surface area contributed by atoms with Crippen molar-refractivity contribution in [1.29, 1.82) is 0 Å². The van der Waals surface area contributed by atoms with Gasteiger partial charge in [-0.1, -0.05) is 25.4 Å². The molecule has 5 nitrogen and oxygen atoms in total. The lowest BCUT2D eigenvalue weighted by molar-refractivity contribution is -0.137. The summed E-state index contributed by atoms with van der Waals surface area (Å²) in [6.07, 6.45) is -3.63. The molecule has 0 bridgehead atoms. The van der Waals surface area contributed by atoms with Gasteiger partial charge in [0.05, 0.1) is 26.9 Å². The van der Waals surface area contributed by atoms with E-state index in [1.807, 2.05) is 0 Å². The summed E-state index contributed by atoms with van der Waals surface area (Å²) in [7, 11) is -3.63. The summed E-state index contributed by atoms with van der Waals surface area (Å²) in [6.45, 7) is 3.33. The number of benzene rings is 2. The third-order valence-corrected chi connectivity index (χ3v) is 5.60. The van der Waals surface area contributed by atoms with Crippen LogP contribution in [-0.2, 0) is 20.8 Å². The van der Waals surface area contributed by atoms with Crippen molar-refractivity contribution in [2.24, 2.45) is 5.92 Å². The zero-order valence-corrected chi connectivity index (χ0v) is 17.7. The van der Waals surface area contributed by atoms with Crippen LogP contribution < -0.4 is 10.6 Å². The fourth-order valence-electron chi connectivity index (χ4n) is 2.55. The van der Waals surface area contributed by atoms with Crippen molar-refractivity contribution in [3.8, 4) is 0 Å². The molecule has 1 amide bonds. The van der Waals surface area contributed by atoms with Crippen LogP contribution in [0.25, 0.3) is 0 Å². The third kappa shape index (κ3) is 5.85. The summed E-state index contributed by atoms with van der Waals surface area (Å²) in [5, 5.41) is 4.83. The maximum absolute atomic E-state index is 14.1. The van der Waals surface area contributed by atoms with Crippen molar-refractivity contribution in [2.75, 3.05) is 16.9 Å². The van der Waals surface area contributed by atoms with Crippen LogP contribution in [0.15, 0.2) is 41.3 Å². The Balaban J connectivity index is 2.29. The molecule has 2 aromatic rings. The van der Waals surface area contributed by atoms with Gasteiger partial charge in [-0.15, -0.1) is 0 Å². The first kappa shape index (κ1) is 23.9. The summed E-state index contributed by atoms with van der Waals surface area (Å²) >= 11 is 5.92. The first-order chi connectivity index (χ1) is 13.7. The predicted molar refractivity (Wildman–Crippen MR) is 107 cm³/mol. The van der Waals surface area contributed by atoms with E-state index in [1.54, 1.807) is 13.8 Å². The molecule has 0 heterocycles. The average Bonchev–Trinajstić information content (AvgIpc) is 2.60. The summed E-state index contributed by atoms with van der Waals surface area (Å²) in [5.74, 6) is -1.93. The van der Waals surface area contributed by atoms with Gasteiger partial charge >= 0.3 is 6.18 Å². The highest BCUT2D eigenvalue weighted by Crippen LogP contribution is 2.34. The molecule has 0 aliphatic heterocycles. The van der Waals surface area contributed by atoms with Gasteiger partial charge in [0.2, 0.25) is 5.91 Å². The van der Waals surface area contributed by atoms with Crippen LogP contribution >= 0.6 is 11.6 Å². The van der Waals surface area contributed by atoms with Gasteiger partial charge in [-0.05, 0) is 42.3 Å². The zero-order chi connectivity index (χ0) is 22.9. The van der Waals surface area contributed by atoms with E-state index in [4.69, 9.17) is 11.6 Å². The molecule has 30 heavy (non-hydrogen) atoms. The standard InChI is InChI=1S/C19H19ClF4N2O3S/c1-10(2)17(25-15-7-4-11(8-13(15)20)19(22,23)24)18(27)26-16-9-12(30(3,28)29)5-6-14(16)21/h4-10,17,25H,1-3H3,(H,26,27)/t17-/m0/s1. The topological polar surface area (TPSA) is 75.3 Å². The Morgan fingerprint density at radius 2 is 1.70 bits per heavy atom. The minimum Gasteiger partial charge on any atom is -0.372 e. The van der Waals surface area contributed by atoms with Gasteiger partial charge in [-0.2, -0.15) is 13.2 Å². The molecule has 0 unspecified atom stereocenters. The Kier molecular flexibility index (Phi) is 7.03. The van der Waals surface area contributed by atoms with Gasteiger partial charge in [0.25, 0.3) is 0 Å². The van der Waals surface area contributed by atoms with Gasteiger partial charge in [0.1, 0.15) is 11.9 Å². The molecule has 0 aliphatic carbocycles. The Morgan fingerprint density at radius 1 is 1.07 bits per heavy atom. The summed E-state index contributed by atoms with van der Waals surface area (Å²) in [4.78, 5) is 12.5. The van der Waals surface area contributed by atoms with E-state index in [1.165, 1.54) is 0 Å². The van der Waals surface area contributed by atoms with E-state index in [-0.39, 0.29) is 27.2 Å². The first-order valence-electron chi connectivity index (χ1n) is 8.64. The number of halogens is 5. The molecule has 2 rings (SSSR count). The van der Waals surface area contributed by atoms with E-state index in [9.17, 15) is 30.8 Å². The highest BCUT2D eigenvalue weighted by atomic mass is 35.5. The summed E-state index contributed by atoms with van der Waals surface area (Å²) in [6, 6.07) is 4.62. The first-order valence-corrected chi connectivity index (χ1v) is 10.9. The summed E-state index contributed by atoms with van der Waals surface area (Å²) < 4.78 is 75.8. The van der Waals surface area contributed by atoms with Crippen LogP contribution in [-0.4, -0.2) is 26.6 Å². The average molecular weight is 467 g/mol. The minimum atomic E-state index is -4.57. The quantitative estimate of drug-likeness (QED) is 0.465. The fraction of sp³-hybridized carbons (Fsp3) is 0.316. The molecule has 0 aromatic heterocycles. The SMILES string of the molecule is CC(C)[C@H](Nc1ccc(C(F)(F)F)cc1Cl)C(=O)Nc1cc(S(C)(=O)=O)ccc1F. The van der Waals surface area contributed by atoms with Gasteiger partial charge in [-0.3, -0.25) is 4.79 Å². The van der Waals surface area contributed by atoms with Gasteiger partial charge in [-0.25, -0.2) is 12.8 Å². The Hall–Kier alpha value is -2.33. The molecule has 0 aliphatic rings. The van der Waals surface area contributed by atoms with Crippen molar-refractivity contribution >= 4 is 38.7 Å². The number of nitrogens with one attached hydrogen (secondary N) is 2. The van der Waals surface area contributed by atoms with E-state index in [0.717, 1.165) is 42.7 Å². The normalized spacial score (nSPS) is 13.2. The number of alkyl halides is 3. The van der Waals surface area contributed by atoms with Gasteiger partial charge in [0.15, 0.2) is 9.84 Å². The Morgan fingerprint density at radius 3 is 2.20 bits per heavy atom. The number of anilines is 2. The largest absolute Gasteiger partial charge is 0.416 e. The number of sulfone groups is 1. The Bertz CT molecular complexity index is 1060. The fourth-order valence-corrected chi connectivity index (χ4v) is 3.43. The van der Waals surface area contributed by atoms with E-state index in [0.29, 0.717) is 0 Å². The maximum Gasteiger partial charge on any atom is 0.416 e. The van der Waals surface area contributed by atoms with Crippen molar-refractivity contribution in [3.63, 3.8) is 0 Å². The molecule has 0 fully saturated rings. The second-order valence-electron chi connectivity index (χ2n) is 6.96. The monoisotopic (exact) mass is 466 g/mol. The lowest BCUT2D eigenvalue weighted by Crippen LogP contribution is -2.39. The highest BCUT2D eigenvalue weighted by Gasteiger charge is 2.31. The second kappa shape index (κ2) is 8.81. The van der Waals surface area contributed by atoms with Gasteiger partial charge in [0, 0.05) is 6.26 Å². The smallest absolute Gasteiger partial charge is 0.372 e. The van der Waals surface area contributed by atoms with Crippen LogP contribution in [0.1, 0.15) is 19.4 Å². The van der Waals surface area contributed by atoms with Crippen LogP contribution in [0.3, 0.4) is 0 Å². The Labute approximate surface area is 176 Å². The van der Waals surface area contributed by atoms with E-state index in [2.05, 4.69) is 10.6 Å². The second-order valence-corrected chi connectivity index (χ2v) is 9.38. The minimum absolute atomic E-state index is 0.0869. The molecule has 0 saturated heterocycles. The number of carbonyl (C=O) groups excluding carboxylic acids is 1. The molecular formula is C19H19ClF4N2O3S. The molecule has 0 saturated carbocycles.